The third kappa shape index (κ3) is 3.73. The van der Waals surface area contributed by atoms with Crippen molar-refractivity contribution < 1.29 is 14.3 Å². The van der Waals surface area contributed by atoms with Crippen LogP contribution in [0.25, 0.3) is 0 Å². The topological polar surface area (TPSA) is 35.5 Å². The molecule has 0 bridgehead atoms. The average Bonchev–Trinajstić information content (AvgIpc) is 3.18. The third-order valence-corrected chi connectivity index (χ3v) is 8.87. The number of ketones is 1. The lowest BCUT2D eigenvalue weighted by atomic mass is 9.53. The van der Waals surface area contributed by atoms with Crippen LogP contribution in [-0.4, -0.2) is 25.6 Å². The first-order chi connectivity index (χ1) is 16.5. The summed E-state index contributed by atoms with van der Waals surface area (Å²) in [5.41, 5.74) is 3.12. The Morgan fingerprint density at radius 1 is 1.00 bits per heavy atom. The first kappa shape index (κ1) is 22.8. The maximum absolute atomic E-state index is 12.5. The molecule has 0 radical (unpaired) electrons. The van der Waals surface area contributed by atoms with E-state index >= 15 is 0 Å². The lowest BCUT2D eigenvalue weighted by Gasteiger charge is -2.53. The standard InChI is InChI=1S/C31H32O3/c1-30-18-16-27-26-14-12-25(33-2)21-23(26)10-13-28(27)29(30)17-20-31(30,34-3)19-15-24(32)11-9-22-7-5-4-6-8-22/h4-8,12,14,21,27-29H,10,13,16-18,20H2,1-3H3/t27-,28-,29+,30+,31+/m1/s1. The van der Waals surface area contributed by atoms with Crippen molar-refractivity contribution in [3.8, 4) is 29.4 Å². The van der Waals surface area contributed by atoms with Gasteiger partial charge in [-0.15, -0.1) is 0 Å². The van der Waals surface area contributed by atoms with Crippen molar-refractivity contribution in [3.63, 3.8) is 0 Å². The van der Waals surface area contributed by atoms with Crippen LogP contribution in [0.5, 0.6) is 5.75 Å². The molecule has 0 aromatic heterocycles. The van der Waals surface area contributed by atoms with E-state index in [2.05, 4.69) is 48.8 Å². The highest BCUT2D eigenvalue weighted by atomic mass is 16.5. The van der Waals surface area contributed by atoms with Crippen molar-refractivity contribution in [1.82, 2.24) is 0 Å². The van der Waals surface area contributed by atoms with E-state index in [-0.39, 0.29) is 11.2 Å². The SMILES string of the molecule is COc1ccc2c(c1)CC[C@@H]1[C@@H]2CC[C@@]2(C)[C@H]1CC[C@]2(C#CC(=O)C#Cc1ccccc1)OC. The van der Waals surface area contributed by atoms with Crippen molar-refractivity contribution >= 4 is 5.78 Å². The van der Waals surface area contributed by atoms with Gasteiger partial charge in [0, 0.05) is 18.1 Å². The Labute approximate surface area is 203 Å². The molecule has 0 N–H and O–H groups in total. The second-order valence-corrected chi connectivity index (χ2v) is 10.2. The van der Waals surface area contributed by atoms with E-state index in [1.54, 1.807) is 14.2 Å². The molecule has 0 amide bonds. The van der Waals surface area contributed by atoms with Crippen LogP contribution in [0.15, 0.2) is 48.5 Å². The zero-order chi connectivity index (χ0) is 23.8. The molecule has 0 spiro atoms. The van der Waals surface area contributed by atoms with Gasteiger partial charge in [-0.3, -0.25) is 4.79 Å². The van der Waals surface area contributed by atoms with E-state index < -0.39 is 5.60 Å². The highest BCUT2D eigenvalue weighted by Gasteiger charge is 2.62. The van der Waals surface area contributed by atoms with Gasteiger partial charge in [0.25, 0.3) is 5.78 Å². The number of methoxy groups -OCH3 is 2. The monoisotopic (exact) mass is 452 g/mol. The maximum atomic E-state index is 12.5. The van der Waals surface area contributed by atoms with Gasteiger partial charge in [-0.05, 0) is 104 Å². The Morgan fingerprint density at radius 3 is 2.59 bits per heavy atom. The van der Waals surface area contributed by atoms with Gasteiger partial charge in [-0.1, -0.05) is 43.0 Å². The molecule has 3 nitrogen and oxygen atoms in total. The molecule has 2 fully saturated rings. The maximum Gasteiger partial charge on any atom is 0.279 e. The van der Waals surface area contributed by atoms with Crippen molar-refractivity contribution in [2.45, 2.75) is 57.0 Å². The molecular formula is C31H32O3. The first-order valence-corrected chi connectivity index (χ1v) is 12.4. The summed E-state index contributed by atoms with van der Waals surface area (Å²) in [5.74, 6) is 14.1. The van der Waals surface area contributed by atoms with Gasteiger partial charge in [0.15, 0.2) is 0 Å². The predicted molar refractivity (Wildman–Crippen MR) is 133 cm³/mol. The molecule has 3 heteroatoms. The summed E-state index contributed by atoms with van der Waals surface area (Å²) in [4.78, 5) is 12.5. The number of benzene rings is 2. The summed E-state index contributed by atoms with van der Waals surface area (Å²) in [6.45, 7) is 2.35. The minimum absolute atomic E-state index is 0.0625. The second-order valence-electron chi connectivity index (χ2n) is 10.2. The van der Waals surface area contributed by atoms with Crippen LogP contribution in [0, 0.1) is 40.9 Å². The molecular weight excluding hydrogens is 420 g/mol. The molecule has 3 aliphatic rings. The summed E-state index contributed by atoms with van der Waals surface area (Å²) in [5, 5.41) is 0. The molecule has 2 aromatic carbocycles. The Hall–Kier alpha value is -3.01. The summed E-state index contributed by atoms with van der Waals surface area (Å²) < 4.78 is 11.6. The number of fused-ring (bicyclic) bond motifs is 5. The summed E-state index contributed by atoms with van der Waals surface area (Å²) in [6.07, 6.45) is 6.44. The van der Waals surface area contributed by atoms with Gasteiger partial charge >= 0.3 is 0 Å². The molecule has 0 saturated heterocycles. The van der Waals surface area contributed by atoms with Crippen LogP contribution in [0.4, 0.5) is 0 Å². The summed E-state index contributed by atoms with van der Waals surface area (Å²) in [7, 11) is 3.50. The molecule has 2 aromatic rings. The molecule has 0 aliphatic heterocycles. The highest BCUT2D eigenvalue weighted by molar-refractivity contribution is 6.09. The number of rotatable bonds is 2. The third-order valence-electron chi connectivity index (χ3n) is 8.87. The number of hydrogen-bond donors (Lipinski definition) is 0. The van der Waals surface area contributed by atoms with Gasteiger partial charge < -0.3 is 9.47 Å². The number of aryl methyl sites for hydroxylation is 1. The largest absolute Gasteiger partial charge is 0.497 e. The number of ether oxygens (including phenoxy) is 2. The van der Waals surface area contributed by atoms with Gasteiger partial charge in [-0.2, -0.15) is 0 Å². The molecule has 0 heterocycles. The Bertz CT molecular complexity index is 1210. The van der Waals surface area contributed by atoms with Gasteiger partial charge in [-0.25, -0.2) is 0 Å². The average molecular weight is 453 g/mol. The minimum atomic E-state index is -0.590. The lowest BCUT2D eigenvalue weighted by molar-refractivity contribution is -0.109. The van der Waals surface area contributed by atoms with Crippen molar-refractivity contribution in [3.05, 3.63) is 65.2 Å². The fourth-order valence-electron chi connectivity index (χ4n) is 7.12. The molecule has 3 aliphatic carbocycles. The molecule has 174 valence electrons. The van der Waals surface area contributed by atoms with Gasteiger partial charge in [0.2, 0.25) is 0 Å². The van der Waals surface area contributed by atoms with Crippen molar-refractivity contribution in [2.75, 3.05) is 14.2 Å². The van der Waals surface area contributed by atoms with Crippen LogP contribution in [0.2, 0.25) is 0 Å². The minimum Gasteiger partial charge on any atom is -0.497 e. The summed E-state index contributed by atoms with van der Waals surface area (Å²) >= 11 is 0. The second kappa shape index (κ2) is 8.98. The molecule has 0 unspecified atom stereocenters. The van der Waals surface area contributed by atoms with E-state index in [9.17, 15) is 4.79 Å². The molecule has 2 saturated carbocycles. The lowest BCUT2D eigenvalue weighted by Crippen LogP contribution is -2.51. The van der Waals surface area contributed by atoms with E-state index in [1.807, 2.05) is 30.3 Å². The zero-order valence-electron chi connectivity index (χ0n) is 20.3. The van der Waals surface area contributed by atoms with E-state index in [0.29, 0.717) is 17.8 Å². The number of hydrogen-bond acceptors (Lipinski definition) is 3. The molecule has 5 rings (SSSR count). The highest BCUT2D eigenvalue weighted by Crippen LogP contribution is 2.65. The Morgan fingerprint density at radius 2 is 1.82 bits per heavy atom. The quantitative estimate of drug-likeness (QED) is 0.442. The van der Waals surface area contributed by atoms with E-state index in [0.717, 1.165) is 43.4 Å². The van der Waals surface area contributed by atoms with Gasteiger partial charge in [0.1, 0.15) is 11.4 Å². The Kier molecular flexibility index (Phi) is 6.01. The number of carbonyl (C=O) groups excluding carboxylic acids is 1. The number of carbonyl (C=O) groups is 1. The number of Topliss-reactive ketones (excluding diaryl/α,β-unsaturated/α-hetero) is 1. The predicted octanol–water partition coefficient (Wildman–Crippen LogP) is 5.56. The van der Waals surface area contributed by atoms with E-state index in [1.165, 1.54) is 17.5 Å². The van der Waals surface area contributed by atoms with Crippen LogP contribution >= 0.6 is 0 Å². The normalized spacial score (nSPS) is 31.0. The van der Waals surface area contributed by atoms with Crippen molar-refractivity contribution in [2.24, 2.45) is 17.3 Å². The first-order valence-electron chi connectivity index (χ1n) is 12.4. The Balaban J connectivity index is 1.39. The molecule has 5 atom stereocenters. The molecule has 34 heavy (non-hydrogen) atoms. The van der Waals surface area contributed by atoms with Crippen LogP contribution in [0.1, 0.15) is 61.6 Å². The van der Waals surface area contributed by atoms with Crippen LogP contribution < -0.4 is 4.74 Å². The van der Waals surface area contributed by atoms with E-state index in [4.69, 9.17) is 9.47 Å². The fourth-order valence-corrected chi connectivity index (χ4v) is 7.12. The summed E-state index contributed by atoms with van der Waals surface area (Å²) in [6, 6.07) is 16.2. The fraction of sp³-hybridized carbons (Fsp3) is 0.452. The zero-order valence-corrected chi connectivity index (χ0v) is 20.3. The smallest absolute Gasteiger partial charge is 0.279 e. The van der Waals surface area contributed by atoms with Crippen LogP contribution in [-0.2, 0) is 16.0 Å². The van der Waals surface area contributed by atoms with Gasteiger partial charge in [0.05, 0.1) is 7.11 Å². The van der Waals surface area contributed by atoms with Crippen molar-refractivity contribution in [1.29, 1.82) is 0 Å². The van der Waals surface area contributed by atoms with Crippen LogP contribution in [0.3, 0.4) is 0 Å².